The van der Waals surface area contributed by atoms with E-state index in [0.29, 0.717) is 23.7 Å². The Morgan fingerprint density at radius 3 is 2.31 bits per heavy atom. The predicted molar refractivity (Wildman–Crippen MR) is 136 cm³/mol. The summed E-state index contributed by atoms with van der Waals surface area (Å²) in [5, 5.41) is 2.94. The highest BCUT2D eigenvalue weighted by Gasteiger charge is 2.28. The van der Waals surface area contributed by atoms with Crippen molar-refractivity contribution in [1.82, 2.24) is 10.0 Å². The molecule has 7 nitrogen and oxygen atoms in total. The van der Waals surface area contributed by atoms with Gasteiger partial charge in [-0.3, -0.25) is 4.79 Å². The van der Waals surface area contributed by atoms with Crippen LogP contribution in [0.2, 0.25) is 0 Å². The lowest BCUT2D eigenvalue weighted by atomic mass is 10.0. The molecular weight excluding hydrogens is 464 g/mol. The Balaban J connectivity index is 1.86. The Bertz CT molecular complexity index is 1250. The number of carbonyl (C=O) groups excluding carboxylic acids is 1. The molecular formula is C27H32N2O5S. The number of para-hydroxylation sites is 1. The molecule has 0 heterocycles. The van der Waals surface area contributed by atoms with E-state index in [1.54, 1.807) is 26.2 Å². The van der Waals surface area contributed by atoms with Gasteiger partial charge < -0.3 is 14.8 Å². The quantitative estimate of drug-likeness (QED) is 0.416. The molecule has 3 aromatic rings. The molecule has 8 heteroatoms. The molecule has 0 saturated heterocycles. The highest BCUT2D eigenvalue weighted by Crippen LogP contribution is 2.25. The SMILES string of the molecule is CCOc1ccc(S(=O)(=O)NC(Cc2ccccc2)C(=O)NC(C)c2ccccc2OC)cc1C. The van der Waals surface area contributed by atoms with Crippen LogP contribution in [0.25, 0.3) is 0 Å². The van der Waals surface area contributed by atoms with Gasteiger partial charge in [-0.2, -0.15) is 4.72 Å². The Morgan fingerprint density at radius 1 is 0.971 bits per heavy atom. The molecule has 0 radical (unpaired) electrons. The van der Waals surface area contributed by atoms with Crippen LogP contribution in [0, 0.1) is 6.92 Å². The maximum absolute atomic E-state index is 13.3. The van der Waals surface area contributed by atoms with Gasteiger partial charge in [0.25, 0.3) is 0 Å². The van der Waals surface area contributed by atoms with E-state index in [2.05, 4.69) is 10.0 Å². The maximum atomic E-state index is 13.3. The van der Waals surface area contributed by atoms with Crippen molar-refractivity contribution < 1.29 is 22.7 Å². The van der Waals surface area contributed by atoms with E-state index in [-0.39, 0.29) is 11.3 Å². The largest absolute Gasteiger partial charge is 0.496 e. The third-order valence-corrected chi connectivity index (χ3v) is 7.09. The first-order valence-corrected chi connectivity index (χ1v) is 13.0. The van der Waals surface area contributed by atoms with Gasteiger partial charge >= 0.3 is 0 Å². The summed E-state index contributed by atoms with van der Waals surface area (Å²) in [6.45, 7) is 5.96. The molecule has 186 valence electrons. The molecule has 2 atom stereocenters. The van der Waals surface area contributed by atoms with Crippen molar-refractivity contribution in [2.45, 2.75) is 44.2 Å². The average molecular weight is 497 g/mol. The lowest BCUT2D eigenvalue weighted by molar-refractivity contribution is -0.123. The standard InChI is InChI=1S/C27H32N2O5S/c1-5-34-25-16-15-22(17-19(25)2)35(31,32)29-24(18-21-11-7-6-8-12-21)27(30)28-20(3)23-13-9-10-14-26(23)33-4/h6-17,20,24,29H,5,18H2,1-4H3,(H,28,30). The van der Waals surface area contributed by atoms with Gasteiger partial charge in [0.1, 0.15) is 17.5 Å². The fourth-order valence-electron chi connectivity index (χ4n) is 3.82. The number of sulfonamides is 1. The number of nitrogens with one attached hydrogen (secondary N) is 2. The molecule has 1 amide bonds. The van der Waals surface area contributed by atoms with Gasteiger partial charge in [0.2, 0.25) is 15.9 Å². The second-order valence-electron chi connectivity index (χ2n) is 8.20. The van der Waals surface area contributed by atoms with E-state index in [1.807, 2.05) is 68.4 Å². The first-order chi connectivity index (χ1) is 16.7. The summed E-state index contributed by atoms with van der Waals surface area (Å²) in [7, 11) is -2.42. The summed E-state index contributed by atoms with van der Waals surface area (Å²) in [5.41, 5.74) is 2.33. The smallest absolute Gasteiger partial charge is 0.241 e. The van der Waals surface area contributed by atoms with E-state index in [1.165, 1.54) is 6.07 Å². The van der Waals surface area contributed by atoms with Crippen molar-refractivity contribution in [2.75, 3.05) is 13.7 Å². The summed E-state index contributed by atoms with van der Waals surface area (Å²) >= 11 is 0. The van der Waals surface area contributed by atoms with Crippen LogP contribution in [0.15, 0.2) is 77.7 Å². The minimum atomic E-state index is -3.98. The van der Waals surface area contributed by atoms with E-state index in [0.717, 1.165) is 11.1 Å². The zero-order valence-electron chi connectivity index (χ0n) is 20.4. The first kappa shape index (κ1) is 26.2. The molecule has 35 heavy (non-hydrogen) atoms. The van der Waals surface area contributed by atoms with Crippen LogP contribution in [-0.4, -0.2) is 34.1 Å². The Labute approximate surface area is 207 Å². The highest BCUT2D eigenvalue weighted by molar-refractivity contribution is 7.89. The van der Waals surface area contributed by atoms with Crippen molar-refractivity contribution in [3.8, 4) is 11.5 Å². The second kappa shape index (κ2) is 11.9. The number of ether oxygens (including phenoxy) is 2. The number of hydrogen-bond acceptors (Lipinski definition) is 5. The Kier molecular flexibility index (Phi) is 8.89. The Morgan fingerprint density at radius 2 is 1.66 bits per heavy atom. The molecule has 0 aromatic heterocycles. The van der Waals surface area contributed by atoms with Gasteiger partial charge in [0, 0.05) is 5.56 Å². The van der Waals surface area contributed by atoms with E-state index in [9.17, 15) is 13.2 Å². The maximum Gasteiger partial charge on any atom is 0.241 e. The molecule has 2 unspecified atom stereocenters. The van der Waals surface area contributed by atoms with E-state index < -0.39 is 28.0 Å². The topological polar surface area (TPSA) is 93.7 Å². The summed E-state index contributed by atoms with van der Waals surface area (Å²) in [6, 6.07) is 19.9. The minimum absolute atomic E-state index is 0.0714. The zero-order valence-corrected chi connectivity index (χ0v) is 21.3. The van der Waals surface area contributed by atoms with Crippen molar-refractivity contribution >= 4 is 15.9 Å². The monoisotopic (exact) mass is 496 g/mol. The number of hydrogen-bond donors (Lipinski definition) is 2. The van der Waals surface area contributed by atoms with Crippen molar-refractivity contribution in [2.24, 2.45) is 0 Å². The van der Waals surface area contributed by atoms with Crippen LogP contribution in [0.4, 0.5) is 0 Å². The zero-order chi connectivity index (χ0) is 25.4. The second-order valence-corrected chi connectivity index (χ2v) is 9.91. The summed E-state index contributed by atoms with van der Waals surface area (Å²) in [4.78, 5) is 13.4. The van der Waals surface area contributed by atoms with Gasteiger partial charge in [-0.1, -0.05) is 48.5 Å². The van der Waals surface area contributed by atoms with E-state index >= 15 is 0 Å². The van der Waals surface area contributed by atoms with Gasteiger partial charge in [-0.15, -0.1) is 0 Å². The first-order valence-electron chi connectivity index (χ1n) is 11.5. The average Bonchev–Trinajstić information content (AvgIpc) is 2.85. The minimum Gasteiger partial charge on any atom is -0.496 e. The van der Waals surface area contributed by atoms with Crippen LogP contribution < -0.4 is 19.5 Å². The fraction of sp³-hybridized carbons (Fsp3) is 0.296. The van der Waals surface area contributed by atoms with Crippen molar-refractivity contribution in [3.05, 3.63) is 89.5 Å². The van der Waals surface area contributed by atoms with E-state index in [4.69, 9.17) is 9.47 Å². The summed E-state index contributed by atoms with van der Waals surface area (Å²) < 4.78 is 40.1. The van der Waals surface area contributed by atoms with Gasteiger partial charge in [-0.05, 0) is 62.6 Å². The van der Waals surface area contributed by atoms with Crippen molar-refractivity contribution in [1.29, 1.82) is 0 Å². The number of carbonyl (C=O) groups is 1. The molecule has 0 spiro atoms. The van der Waals surface area contributed by atoms with Crippen LogP contribution in [0.1, 0.15) is 36.6 Å². The highest BCUT2D eigenvalue weighted by atomic mass is 32.2. The molecule has 0 bridgehead atoms. The predicted octanol–water partition coefficient (Wildman–Crippen LogP) is 4.17. The van der Waals surface area contributed by atoms with Crippen molar-refractivity contribution in [3.63, 3.8) is 0 Å². The number of amides is 1. The normalized spacial score (nSPS) is 13.0. The van der Waals surface area contributed by atoms with Crippen LogP contribution in [-0.2, 0) is 21.2 Å². The van der Waals surface area contributed by atoms with Gasteiger partial charge in [-0.25, -0.2) is 8.42 Å². The van der Waals surface area contributed by atoms with Gasteiger partial charge in [0.15, 0.2) is 0 Å². The number of aryl methyl sites for hydroxylation is 1. The summed E-state index contributed by atoms with van der Waals surface area (Å²) in [5.74, 6) is 0.833. The molecule has 0 fully saturated rings. The molecule has 3 aromatic carbocycles. The number of rotatable bonds is 11. The Hall–Kier alpha value is -3.36. The molecule has 0 aliphatic carbocycles. The van der Waals surface area contributed by atoms with Crippen LogP contribution in [0.5, 0.6) is 11.5 Å². The van der Waals surface area contributed by atoms with Crippen LogP contribution in [0.3, 0.4) is 0 Å². The van der Waals surface area contributed by atoms with Gasteiger partial charge in [0.05, 0.1) is 24.7 Å². The number of benzene rings is 3. The summed E-state index contributed by atoms with van der Waals surface area (Å²) in [6.07, 6.45) is 0.195. The molecule has 0 saturated carbocycles. The lowest BCUT2D eigenvalue weighted by Gasteiger charge is -2.23. The molecule has 0 aliphatic rings. The third-order valence-electron chi connectivity index (χ3n) is 5.62. The fourth-order valence-corrected chi connectivity index (χ4v) is 5.10. The number of methoxy groups -OCH3 is 1. The van der Waals surface area contributed by atoms with Crippen LogP contribution >= 0.6 is 0 Å². The third kappa shape index (κ3) is 6.83. The lowest BCUT2D eigenvalue weighted by Crippen LogP contribution is -2.48. The molecule has 3 rings (SSSR count). The molecule has 0 aliphatic heterocycles. The molecule has 2 N–H and O–H groups in total.